The molecule has 2 N–H and O–H groups in total. The predicted molar refractivity (Wildman–Crippen MR) is 112 cm³/mol. The van der Waals surface area contributed by atoms with Gasteiger partial charge in [0, 0.05) is 37.6 Å². The lowest BCUT2D eigenvalue weighted by molar-refractivity contribution is -0.0350. The Bertz CT molecular complexity index is 1110. The summed E-state index contributed by atoms with van der Waals surface area (Å²) in [5.74, 6) is 0.0535. The molecule has 0 aliphatic carbocycles. The molecule has 1 aromatic carbocycles. The zero-order valence-corrected chi connectivity index (χ0v) is 17.9. The van der Waals surface area contributed by atoms with E-state index in [0.29, 0.717) is 28.6 Å². The van der Waals surface area contributed by atoms with Crippen LogP contribution in [0.5, 0.6) is 10.9 Å². The number of piperidine rings is 2. The number of alkyl halides is 2. The first-order chi connectivity index (χ1) is 14.8. The molecular formula is C21H23F2N5O2S. The monoisotopic (exact) mass is 447 g/mol. The maximum Gasteiger partial charge on any atom is 0.294 e. The van der Waals surface area contributed by atoms with E-state index in [1.807, 2.05) is 25.3 Å². The number of benzene rings is 1. The van der Waals surface area contributed by atoms with Crippen molar-refractivity contribution >= 4 is 11.3 Å². The maximum atomic E-state index is 14.4. The largest absolute Gasteiger partial charge is 0.507 e. The Balaban J connectivity index is 1.32. The molecule has 3 aromatic rings. The summed E-state index contributed by atoms with van der Waals surface area (Å²) in [5.41, 5.74) is 1.33. The lowest BCUT2D eigenvalue weighted by Crippen LogP contribution is -2.67. The van der Waals surface area contributed by atoms with E-state index in [1.54, 1.807) is 23.7 Å². The highest BCUT2D eigenvalue weighted by atomic mass is 32.1. The van der Waals surface area contributed by atoms with Gasteiger partial charge in [0.1, 0.15) is 24.2 Å². The summed E-state index contributed by atoms with van der Waals surface area (Å²) >= 11 is 1.19. The number of rotatable bonds is 4. The molecule has 5 rings (SSSR count). The first-order valence-corrected chi connectivity index (χ1v) is 11.0. The summed E-state index contributed by atoms with van der Waals surface area (Å²) in [6.07, 6.45) is -0.223. The lowest BCUT2D eigenvalue weighted by Gasteiger charge is -2.50. The second-order valence-corrected chi connectivity index (χ2v) is 9.48. The van der Waals surface area contributed by atoms with Gasteiger partial charge in [0.15, 0.2) is 5.01 Å². The fraction of sp³-hybridized carbons (Fsp3) is 0.476. The van der Waals surface area contributed by atoms with Crippen LogP contribution in [0.3, 0.4) is 0 Å². The number of halogens is 2. The third-order valence-electron chi connectivity index (χ3n) is 6.12. The van der Waals surface area contributed by atoms with Gasteiger partial charge in [-0.2, -0.15) is 5.10 Å². The van der Waals surface area contributed by atoms with Gasteiger partial charge in [-0.25, -0.2) is 13.5 Å². The lowest BCUT2D eigenvalue weighted by atomic mass is 9.74. The molecule has 0 spiro atoms. The molecule has 10 heteroatoms. The smallest absolute Gasteiger partial charge is 0.294 e. The van der Waals surface area contributed by atoms with Crippen molar-refractivity contribution in [2.75, 3.05) is 0 Å². The van der Waals surface area contributed by atoms with Crippen LogP contribution in [0, 0.1) is 6.92 Å². The Morgan fingerprint density at radius 1 is 1.26 bits per heavy atom. The first-order valence-electron chi connectivity index (χ1n) is 10.2. The van der Waals surface area contributed by atoms with Crippen LogP contribution in [-0.2, 0) is 0 Å². The molecule has 5 unspecified atom stereocenters. The summed E-state index contributed by atoms with van der Waals surface area (Å²) in [4.78, 5) is 0. The van der Waals surface area contributed by atoms with E-state index in [9.17, 15) is 13.9 Å². The normalized spacial score (nSPS) is 30.3. The summed E-state index contributed by atoms with van der Waals surface area (Å²) in [6, 6.07) is 6.65. The Hall–Kier alpha value is -2.59. The minimum Gasteiger partial charge on any atom is -0.507 e. The second kappa shape index (κ2) is 7.52. The second-order valence-electron chi connectivity index (χ2n) is 8.54. The molecule has 7 nitrogen and oxygen atoms in total. The van der Waals surface area contributed by atoms with Crippen molar-refractivity contribution in [2.45, 2.75) is 63.1 Å². The molecule has 2 aliphatic rings. The van der Waals surface area contributed by atoms with E-state index in [4.69, 9.17) is 4.74 Å². The van der Waals surface area contributed by atoms with Crippen LogP contribution in [0.4, 0.5) is 8.78 Å². The van der Waals surface area contributed by atoms with Gasteiger partial charge in [0.2, 0.25) is 0 Å². The van der Waals surface area contributed by atoms with Crippen LogP contribution in [0.25, 0.3) is 16.3 Å². The number of nitrogens with one attached hydrogen (secondary N) is 1. The summed E-state index contributed by atoms with van der Waals surface area (Å²) < 4.78 is 36.3. The van der Waals surface area contributed by atoms with Crippen molar-refractivity contribution < 1.29 is 18.6 Å². The van der Waals surface area contributed by atoms with Gasteiger partial charge < -0.3 is 15.2 Å². The molecule has 2 bridgehead atoms. The van der Waals surface area contributed by atoms with E-state index >= 15 is 0 Å². The summed E-state index contributed by atoms with van der Waals surface area (Å²) in [5, 5.41) is 27.0. The minimum atomic E-state index is -1.26. The third-order valence-corrected chi connectivity index (χ3v) is 6.96. The number of aryl methyl sites for hydroxylation is 1. The Morgan fingerprint density at radius 2 is 2.10 bits per heavy atom. The molecule has 4 heterocycles. The number of hydrogen-bond donors (Lipinski definition) is 2. The van der Waals surface area contributed by atoms with Gasteiger partial charge in [-0.1, -0.05) is 16.4 Å². The van der Waals surface area contributed by atoms with Crippen molar-refractivity contribution in [3.63, 3.8) is 0 Å². The van der Waals surface area contributed by atoms with Crippen LogP contribution >= 0.6 is 11.3 Å². The number of phenolic OH excluding ortho intramolecular Hbond substituents is 1. The molecule has 0 amide bonds. The van der Waals surface area contributed by atoms with Gasteiger partial charge in [-0.05, 0) is 32.0 Å². The summed E-state index contributed by atoms with van der Waals surface area (Å²) in [6.45, 7) is 3.67. The fourth-order valence-electron chi connectivity index (χ4n) is 4.46. The van der Waals surface area contributed by atoms with E-state index in [0.717, 1.165) is 11.4 Å². The maximum absolute atomic E-state index is 14.4. The van der Waals surface area contributed by atoms with Crippen molar-refractivity contribution in [2.24, 2.45) is 0 Å². The molecule has 0 radical (unpaired) electrons. The van der Waals surface area contributed by atoms with Crippen LogP contribution in [-0.4, -0.2) is 55.1 Å². The molecule has 0 saturated carbocycles. The highest BCUT2D eigenvalue weighted by Crippen LogP contribution is 2.40. The van der Waals surface area contributed by atoms with Gasteiger partial charge in [-0.3, -0.25) is 0 Å². The zero-order chi connectivity index (χ0) is 21.8. The van der Waals surface area contributed by atoms with Crippen molar-refractivity contribution in [3.8, 4) is 27.2 Å². The number of ether oxygens (including phenoxy) is 1. The zero-order valence-electron chi connectivity index (χ0n) is 17.1. The molecule has 2 aliphatic heterocycles. The molecule has 2 aromatic heterocycles. The molecule has 5 atom stereocenters. The number of aromatic hydroxyl groups is 1. The highest BCUT2D eigenvalue weighted by molar-refractivity contribution is 7.16. The van der Waals surface area contributed by atoms with Gasteiger partial charge in [0.05, 0.1) is 22.5 Å². The fourth-order valence-corrected chi connectivity index (χ4v) is 5.26. The minimum absolute atomic E-state index is 0.0535. The standard InChI is InChI=1S/C21H23F2N5O2S/c1-11-5-6-28(27-11)12-3-4-14(17(29)7-12)19-25-26-20(31-19)30-13-8-16-15(22)9-18(23)21(2,10-13)24-16/h3-7,13,15-16,18,24,29H,8-10H2,1-2H3. The Kier molecular flexibility index (Phi) is 4.93. The number of nitrogens with zero attached hydrogens (tertiary/aromatic N) is 4. The molecule has 164 valence electrons. The average Bonchev–Trinajstić information content (AvgIpc) is 3.35. The first kappa shape index (κ1) is 20.3. The number of aromatic nitrogens is 4. The van der Waals surface area contributed by atoms with E-state index in [-0.39, 0.29) is 18.3 Å². The van der Waals surface area contributed by atoms with E-state index in [1.165, 1.54) is 11.3 Å². The number of fused-ring (bicyclic) bond motifs is 2. The van der Waals surface area contributed by atoms with Crippen molar-refractivity contribution in [1.29, 1.82) is 0 Å². The van der Waals surface area contributed by atoms with E-state index in [2.05, 4.69) is 20.6 Å². The van der Waals surface area contributed by atoms with Crippen LogP contribution < -0.4 is 10.1 Å². The van der Waals surface area contributed by atoms with Crippen LogP contribution in [0.2, 0.25) is 0 Å². The topological polar surface area (TPSA) is 85.1 Å². The molecule has 2 saturated heterocycles. The highest BCUT2D eigenvalue weighted by Gasteiger charge is 2.51. The van der Waals surface area contributed by atoms with Crippen molar-refractivity contribution in [1.82, 2.24) is 25.3 Å². The molecular weight excluding hydrogens is 424 g/mol. The molecule has 2 fully saturated rings. The number of hydrogen-bond acceptors (Lipinski definition) is 7. The summed E-state index contributed by atoms with van der Waals surface area (Å²) in [7, 11) is 0. The van der Waals surface area contributed by atoms with Gasteiger partial charge >= 0.3 is 0 Å². The van der Waals surface area contributed by atoms with Crippen LogP contribution in [0.1, 0.15) is 31.9 Å². The molecule has 31 heavy (non-hydrogen) atoms. The predicted octanol–water partition coefficient (Wildman–Crippen LogP) is 3.74. The average molecular weight is 448 g/mol. The van der Waals surface area contributed by atoms with Crippen molar-refractivity contribution in [3.05, 3.63) is 36.2 Å². The van der Waals surface area contributed by atoms with Gasteiger partial charge in [-0.15, -0.1) is 5.10 Å². The third kappa shape index (κ3) is 3.78. The van der Waals surface area contributed by atoms with Crippen LogP contribution in [0.15, 0.2) is 30.5 Å². The Labute approximate surface area is 182 Å². The van der Waals surface area contributed by atoms with E-state index < -0.39 is 23.9 Å². The quantitative estimate of drug-likeness (QED) is 0.634. The SMILES string of the molecule is Cc1ccn(-c2ccc(-c3nnc(OC4CC5NC(C)(C4)C(F)CC5F)s3)c(O)c2)n1. The Morgan fingerprint density at radius 3 is 2.84 bits per heavy atom. The van der Waals surface area contributed by atoms with Gasteiger partial charge in [0.25, 0.3) is 5.19 Å². The number of phenols is 1.